The van der Waals surface area contributed by atoms with Gasteiger partial charge in [0.25, 0.3) is 0 Å². The highest BCUT2D eigenvalue weighted by Crippen LogP contribution is 2.42. The van der Waals surface area contributed by atoms with Gasteiger partial charge in [0.2, 0.25) is 0 Å². The molecule has 0 atom stereocenters. The van der Waals surface area contributed by atoms with E-state index in [-0.39, 0.29) is 5.54 Å². The van der Waals surface area contributed by atoms with E-state index in [1.165, 1.54) is 18.4 Å². The molecule has 2 aliphatic rings. The molecule has 0 spiro atoms. The quantitative estimate of drug-likeness (QED) is 0.532. The molecule has 31 heavy (non-hydrogen) atoms. The lowest BCUT2D eigenvalue weighted by Gasteiger charge is -2.33. The lowest BCUT2D eigenvalue weighted by atomic mass is 9.88. The van der Waals surface area contributed by atoms with E-state index in [1.54, 1.807) is 14.2 Å². The Morgan fingerprint density at radius 2 is 1.58 bits per heavy atom. The first kappa shape index (κ1) is 21.8. The number of rotatable bonds is 7. The number of thiocarbonyl (C=S) groups is 1. The monoisotopic (exact) mass is 440 g/mol. The fourth-order valence-electron chi connectivity index (χ4n) is 4.79. The van der Waals surface area contributed by atoms with E-state index in [0.29, 0.717) is 11.2 Å². The summed E-state index contributed by atoms with van der Waals surface area (Å²) in [6.07, 6.45) is 9.60. The molecule has 2 aliphatic carbocycles. The molecular formula is C25H32N2O3S. The zero-order chi connectivity index (χ0) is 21.7. The minimum Gasteiger partial charge on any atom is -0.493 e. The summed E-state index contributed by atoms with van der Waals surface area (Å²) < 4.78 is 17.0. The molecule has 0 heterocycles. The van der Waals surface area contributed by atoms with E-state index in [4.69, 9.17) is 26.4 Å². The third-order valence-electron chi connectivity index (χ3n) is 6.46. The van der Waals surface area contributed by atoms with Gasteiger partial charge in [0.15, 0.2) is 16.6 Å². The molecule has 0 saturated heterocycles. The number of benzene rings is 2. The van der Waals surface area contributed by atoms with Crippen LogP contribution in [0.3, 0.4) is 0 Å². The summed E-state index contributed by atoms with van der Waals surface area (Å²) in [5.41, 5.74) is 1.93. The highest BCUT2D eigenvalue weighted by Gasteiger charge is 2.37. The second kappa shape index (κ2) is 9.77. The number of anilines is 1. The summed E-state index contributed by atoms with van der Waals surface area (Å²) in [6, 6.07) is 14.2. The summed E-state index contributed by atoms with van der Waals surface area (Å²) in [6.45, 7) is 0. The number of methoxy groups -OCH3 is 2. The van der Waals surface area contributed by atoms with Crippen molar-refractivity contribution in [2.45, 2.75) is 63.0 Å². The van der Waals surface area contributed by atoms with Crippen LogP contribution in [0.2, 0.25) is 0 Å². The van der Waals surface area contributed by atoms with Gasteiger partial charge in [-0.25, -0.2) is 0 Å². The average molecular weight is 441 g/mol. The van der Waals surface area contributed by atoms with Crippen LogP contribution >= 0.6 is 12.2 Å². The molecule has 2 N–H and O–H groups in total. The van der Waals surface area contributed by atoms with Gasteiger partial charge in [-0.15, -0.1) is 0 Å². The van der Waals surface area contributed by atoms with Crippen molar-refractivity contribution in [2.75, 3.05) is 19.5 Å². The Morgan fingerprint density at radius 3 is 2.23 bits per heavy atom. The van der Waals surface area contributed by atoms with Gasteiger partial charge in [-0.1, -0.05) is 18.9 Å². The first-order chi connectivity index (χ1) is 15.1. The molecule has 5 nitrogen and oxygen atoms in total. The number of hydrogen-bond donors (Lipinski definition) is 2. The summed E-state index contributed by atoms with van der Waals surface area (Å²) in [5, 5.41) is 7.58. The molecule has 0 bridgehead atoms. The summed E-state index contributed by atoms with van der Waals surface area (Å²) in [4.78, 5) is 0. The minimum absolute atomic E-state index is 0.199. The van der Waals surface area contributed by atoms with Crippen molar-refractivity contribution in [2.24, 2.45) is 0 Å². The number of ether oxygens (including phenoxy) is 3. The Kier molecular flexibility index (Phi) is 6.86. The predicted molar refractivity (Wildman–Crippen MR) is 128 cm³/mol. The normalized spacial score (nSPS) is 17.9. The Hall–Kier alpha value is -2.47. The molecule has 0 unspecified atom stereocenters. The van der Waals surface area contributed by atoms with Gasteiger partial charge in [-0.3, -0.25) is 0 Å². The molecule has 0 amide bonds. The maximum Gasteiger partial charge on any atom is 0.171 e. The Balaban J connectivity index is 1.43. The molecule has 6 heteroatoms. The zero-order valence-electron chi connectivity index (χ0n) is 18.4. The van der Waals surface area contributed by atoms with E-state index in [2.05, 4.69) is 22.8 Å². The Morgan fingerprint density at radius 1 is 0.903 bits per heavy atom. The van der Waals surface area contributed by atoms with Crippen LogP contribution in [0, 0.1) is 0 Å². The van der Waals surface area contributed by atoms with Gasteiger partial charge in [-0.2, -0.15) is 0 Å². The van der Waals surface area contributed by atoms with E-state index < -0.39 is 0 Å². The lowest BCUT2D eigenvalue weighted by Crippen LogP contribution is -2.45. The predicted octanol–water partition coefficient (Wildman–Crippen LogP) is 5.78. The molecule has 4 rings (SSSR count). The number of nitrogens with one attached hydrogen (secondary N) is 2. The first-order valence-corrected chi connectivity index (χ1v) is 11.6. The van der Waals surface area contributed by atoms with Crippen molar-refractivity contribution < 1.29 is 14.2 Å². The maximum atomic E-state index is 6.06. The topological polar surface area (TPSA) is 51.8 Å². The fourth-order valence-corrected chi connectivity index (χ4v) is 5.11. The van der Waals surface area contributed by atoms with Crippen LogP contribution < -0.4 is 24.8 Å². The van der Waals surface area contributed by atoms with E-state index in [0.717, 1.165) is 61.5 Å². The summed E-state index contributed by atoms with van der Waals surface area (Å²) in [7, 11) is 3.33. The molecule has 2 fully saturated rings. The molecule has 0 aliphatic heterocycles. The largest absolute Gasteiger partial charge is 0.493 e. The second-order valence-electron chi connectivity index (χ2n) is 8.49. The second-order valence-corrected chi connectivity index (χ2v) is 8.90. The average Bonchev–Trinajstić information content (AvgIpc) is 3.47. The van der Waals surface area contributed by atoms with E-state index in [9.17, 15) is 0 Å². The standard InChI is InChI=1S/C25H32N2O3S/c1-28-22-14-9-18(17-23(22)29-2)25(15-5-6-16-25)27-24(31)26-19-10-12-21(13-11-19)30-20-7-3-4-8-20/h9-14,17,20H,3-8,15-16H2,1-2H3,(H2,26,27,31). The highest BCUT2D eigenvalue weighted by atomic mass is 32.1. The molecule has 2 saturated carbocycles. The SMILES string of the molecule is COc1ccc(C2(NC(=S)Nc3ccc(OC4CCCC4)cc3)CCCC2)cc1OC. The zero-order valence-corrected chi connectivity index (χ0v) is 19.2. The van der Waals surface area contributed by atoms with Gasteiger partial charge >= 0.3 is 0 Å². The van der Waals surface area contributed by atoms with Gasteiger partial charge in [0, 0.05) is 5.69 Å². The van der Waals surface area contributed by atoms with Gasteiger partial charge in [0.1, 0.15) is 5.75 Å². The molecule has 166 valence electrons. The smallest absolute Gasteiger partial charge is 0.171 e. The van der Waals surface area contributed by atoms with Crippen LogP contribution in [-0.2, 0) is 5.54 Å². The maximum absolute atomic E-state index is 6.06. The van der Waals surface area contributed by atoms with Crippen molar-refractivity contribution in [1.29, 1.82) is 0 Å². The third-order valence-corrected chi connectivity index (χ3v) is 6.67. The van der Waals surface area contributed by atoms with Crippen LogP contribution in [0.5, 0.6) is 17.2 Å². The van der Waals surface area contributed by atoms with Crippen molar-refractivity contribution in [3.63, 3.8) is 0 Å². The van der Waals surface area contributed by atoms with Crippen LogP contribution in [-0.4, -0.2) is 25.4 Å². The van der Waals surface area contributed by atoms with Crippen molar-refractivity contribution in [3.8, 4) is 17.2 Å². The van der Waals surface area contributed by atoms with Crippen LogP contribution in [0.4, 0.5) is 5.69 Å². The third kappa shape index (κ3) is 5.06. The fraction of sp³-hybridized carbons (Fsp3) is 0.480. The molecule has 0 radical (unpaired) electrons. The van der Waals surface area contributed by atoms with Gasteiger partial charge in [0.05, 0.1) is 25.9 Å². The molecule has 2 aromatic rings. The van der Waals surface area contributed by atoms with Crippen molar-refractivity contribution in [3.05, 3.63) is 48.0 Å². The van der Waals surface area contributed by atoms with Crippen molar-refractivity contribution >= 4 is 23.0 Å². The molecule has 2 aromatic carbocycles. The Bertz CT molecular complexity index is 888. The lowest BCUT2D eigenvalue weighted by molar-refractivity contribution is 0.210. The molecule has 0 aromatic heterocycles. The van der Waals surface area contributed by atoms with Crippen LogP contribution in [0.15, 0.2) is 42.5 Å². The van der Waals surface area contributed by atoms with E-state index >= 15 is 0 Å². The summed E-state index contributed by atoms with van der Waals surface area (Å²) >= 11 is 5.69. The van der Waals surface area contributed by atoms with Crippen molar-refractivity contribution in [1.82, 2.24) is 5.32 Å². The van der Waals surface area contributed by atoms with Gasteiger partial charge < -0.3 is 24.8 Å². The highest BCUT2D eigenvalue weighted by molar-refractivity contribution is 7.80. The van der Waals surface area contributed by atoms with E-state index in [1.807, 2.05) is 30.3 Å². The van der Waals surface area contributed by atoms with Crippen LogP contribution in [0.1, 0.15) is 56.9 Å². The Labute approximate surface area is 190 Å². The minimum atomic E-state index is -0.199. The molecular weight excluding hydrogens is 408 g/mol. The van der Waals surface area contributed by atoms with Gasteiger partial charge in [-0.05, 0) is 92.7 Å². The number of hydrogen-bond acceptors (Lipinski definition) is 4. The van der Waals surface area contributed by atoms with Crippen LogP contribution in [0.25, 0.3) is 0 Å². The summed E-state index contributed by atoms with van der Waals surface area (Å²) in [5.74, 6) is 2.40. The first-order valence-electron chi connectivity index (χ1n) is 11.2.